The van der Waals surface area contributed by atoms with Crippen molar-refractivity contribution in [2.75, 3.05) is 0 Å². The SMILES string of the molecule is CC12CCC3C(CCC4=CC(=O)CC[C@@]43C)C1CCC2C=O. The lowest BCUT2D eigenvalue weighted by Gasteiger charge is -2.57. The van der Waals surface area contributed by atoms with E-state index in [1.807, 2.05) is 6.08 Å². The molecule has 3 fully saturated rings. The van der Waals surface area contributed by atoms with Crippen molar-refractivity contribution in [1.29, 1.82) is 0 Å². The summed E-state index contributed by atoms with van der Waals surface area (Å²) in [5.41, 5.74) is 1.96. The highest BCUT2D eigenvalue weighted by molar-refractivity contribution is 5.91. The minimum Gasteiger partial charge on any atom is -0.303 e. The van der Waals surface area contributed by atoms with Crippen molar-refractivity contribution in [3.05, 3.63) is 11.6 Å². The third kappa shape index (κ3) is 1.79. The molecule has 0 heterocycles. The fourth-order valence-electron chi connectivity index (χ4n) is 6.82. The molecular weight excluding hydrogens is 272 g/mol. The molecule has 120 valence electrons. The number of hydrogen-bond donors (Lipinski definition) is 0. The zero-order valence-electron chi connectivity index (χ0n) is 13.9. The first-order chi connectivity index (χ1) is 10.5. The number of aldehydes is 1. The molecule has 5 unspecified atom stereocenters. The summed E-state index contributed by atoms with van der Waals surface area (Å²) in [6.45, 7) is 4.81. The van der Waals surface area contributed by atoms with Gasteiger partial charge in [-0.15, -0.1) is 0 Å². The smallest absolute Gasteiger partial charge is 0.155 e. The van der Waals surface area contributed by atoms with E-state index in [1.165, 1.54) is 37.5 Å². The largest absolute Gasteiger partial charge is 0.303 e. The Morgan fingerprint density at radius 2 is 1.86 bits per heavy atom. The Labute approximate surface area is 133 Å². The molecule has 0 aromatic carbocycles. The molecule has 0 spiro atoms. The van der Waals surface area contributed by atoms with Gasteiger partial charge < -0.3 is 4.79 Å². The molecule has 0 bridgehead atoms. The van der Waals surface area contributed by atoms with Crippen LogP contribution in [0.1, 0.15) is 65.2 Å². The summed E-state index contributed by atoms with van der Waals surface area (Å²) in [6.07, 6.45) is 12.2. The number of ketones is 1. The van der Waals surface area contributed by atoms with Crippen LogP contribution in [0.5, 0.6) is 0 Å². The molecule has 0 aromatic rings. The third-order valence-corrected chi connectivity index (χ3v) is 8.20. The van der Waals surface area contributed by atoms with Crippen LogP contribution in [0, 0.1) is 34.5 Å². The Balaban J connectivity index is 1.68. The van der Waals surface area contributed by atoms with E-state index < -0.39 is 0 Å². The molecule has 0 amide bonds. The summed E-state index contributed by atoms with van der Waals surface area (Å²) in [4.78, 5) is 23.3. The van der Waals surface area contributed by atoms with Crippen LogP contribution < -0.4 is 0 Å². The maximum atomic E-state index is 11.8. The molecular formula is C20H28O2. The number of carbonyl (C=O) groups is 2. The van der Waals surface area contributed by atoms with Gasteiger partial charge in [0.1, 0.15) is 6.29 Å². The van der Waals surface area contributed by atoms with E-state index >= 15 is 0 Å². The number of hydrogen-bond acceptors (Lipinski definition) is 2. The van der Waals surface area contributed by atoms with Gasteiger partial charge in [0.05, 0.1) is 0 Å². The molecule has 0 aromatic heterocycles. The molecule has 22 heavy (non-hydrogen) atoms. The van der Waals surface area contributed by atoms with Crippen LogP contribution in [-0.4, -0.2) is 12.1 Å². The van der Waals surface area contributed by atoms with Crippen LogP contribution in [-0.2, 0) is 9.59 Å². The maximum Gasteiger partial charge on any atom is 0.155 e. The Kier molecular flexibility index (Phi) is 3.19. The maximum absolute atomic E-state index is 11.8. The van der Waals surface area contributed by atoms with E-state index in [4.69, 9.17) is 0 Å². The number of allylic oxidation sites excluding steroid dienone is 1. The fourth-order valence-corrected chi connectivity index (χ4v) is 6.82. The molecule has 4 rings (SSSR count). The van der Waals surface area contributed by atoms with Gasteiger partial charge in [-0.25, -0.2) is 0 Å². The quantitative estimate of drug-likeness (QED) is 0.675. The molecule has 0 aliphatic heterocycles. The van der Waals surface area contributed by atoms with Gasteiger partial charge in [0.25, 0.3) is 0 Å². The Hall–Kier alpha value is -0.920. The van der Waals surface area contributed by atoms with E-state index in [0.717, 1.165) is 43.4 Å². The normalized spacial score (nSPS) is 50.6. The number of fused-ring (bicyclic) bond motifs is 5. The average Bonchev–Trinajstić information content (AvgIpc) is 2.84. The molecule has 6 atom stereocenters. The Morgan fingerprint density at radius 3 is 2.64 bits per heavy atom. The van der Waals surface area contributed by atoms with Crippen molar-refractivity contribution in [3.8, 4) is 0 Å². The molecule has 0 saturated heterocycles. The van der Waals surface area contributed by atoms with Gasteiger partial charge in [-0.1, -0.05) is 19.4 Å². The third-order valence-electron chi connectivity index (χ3n) is 8.20. The van der Waals surface area contributed by atoms with Crippen LogP contribution in [0.3, 0.4) is 0 Å². The first kappa shape index (κ1) is 14.7. The number of carbonyl (C=O) groups excluding carboxylic acids is 2. The van der Waals surface area contributed by atoms with Gasteiger partial charge in [-0.2, -0.15) is 0 Å². The predicted octanol–water partition coefficient (Wildman–Crippen LogP) is 4.33. The van der Waals surface area contributed by atoms with Crippen LogP contribution in [0.2, 0.25) is 0 Å². The topological polar surface area (TPSA) is 34.1 Å². The van der Waals surface area contributed by atoms with Gasteiger partial charge in [0.2, 0.25) is 0 Å². The molecule has 4 aliphatic carbocycles. The lowest BCUT2D eigenvalue weighted by atomic mass is 9.47. The van der Waals surface area contributed by atoms with Gasteiger partial charge in [-0.3, -0.25) is 4.79 Å². The molecule has 4 aliphatic rings. The first-order valence-electron chi connectivity index (χ1n) is 9.18. The summed E-state index contributed by atoms with van der Waals surface area (Å²) in [7, 11) is 0. The monoisotopic (exact) mass is 300 g/mol. The van der Waals surface area contributed by atoms with Gasteiger partial charge >= 0.3 is 0 Å². The van der Waals surface area contributed by atoms with E-state index in [0.29, 0.717) is 5.78 Å². The van der Waals surface area contributed by atoms with Crippen LogP contribution in [0.15, 0.2) is 11.6 Å². The second-order valence-electron chi connectivity index (χ2n) is 8.83. The van der Waals surface area contributed by atoms with E-state index in [-0.39, 0.29) is 16.7 Å². The summed E-state index contributed by atoms with van der Waals surface area (Å²) in [6, 6.07) is 0. The van der Waals surface area contributed by atoms with Gasteiger partial charge in [0.15, 0.2) is 5.78 Å². The minimum absolute atomic E-state index is 0.255. The van der Waals surface area contributed by atoms with Crippen molar-refractivity contribution < 1.29 is 9.59 Å². The van der Waals surface area contributed by atoms with Crippen molar-refractivity contribution in [1.82, 2.24) is 0 Å². The van der Waals surface area contributed by atoms with E-state index in [2.05, 4.69) is 13.8 Å². The van der Waals surface area contributed by atoms with Crippen molar-refractivity contribution in [2.24, 2.45) is 34.5 Å². The molecule has 0 N–H and O–H groups in total. The second kappa shape index (κ2) is 4.79. The summed E-state index contributed by atoms with van der Waals surface area (Å²) in [5, 5.41) is 0. The Morgan fingerprint density at radius 1 is 1.05 bits per heavy atom. The molecule has 0 radical (unpaired) electrons. The standard InChI is InChI=1S/C20H28O2/c1-19-9-7-15(22)11-13(19)3-5-16-17-6-4-14(12-21)20(17,2)10-8-18(16)19/h11-12,14,16-18H,3-10H2,1-2H3/t14?,16?,17?,18?,19-,20?/m0/s1. The lowest BCUT2D eigenvalue weighted by molar-refractivity contribution is -0.120. The van der Waals surface area contributed by atoms with Gasteiger partial charge in [-0.05, 0) is 79.6 Å². The molecule has 2 heteroatoms. The van der Waals surface area contributed by atoms with Crippen molar-refractivity contribution >= 4 is 12.1 Å². The van der Waals surface area contributed by atoms with Gasteiger partial charge in [0, 0.05) is 12.3 Å². The minimum atomic E-state index is 0.255. The highest BCUT2D eigenvalue weighted by atomic mass is 16.1. The Bertz CT molecular complexity index is 548. The summed E-state index contributed by atoms with van der Waals surface area (Å²) in [5.74, 6) is 2.88. The van der Waals surface area contributed by atoms with Crippen LogP contribution in [0.25, 0.3) is 0 Å². The van der Waals surface area contributed by atoms with Crippen molar-refractivity contribution in [2.45, 2.75) is 65.2 Å². The predicted molar refractivity (Wildman–Crippen MR) is 86.3 cm³/mol. The summed E-state index contributed by atoms with van der Waals surface area (Å²) >= 11 is 0. The van der Waals surface area contributed by atoms with E-state index in [1.54, 1.807) is 0 Å². The highest BCUT2D eigenvalue weighted by Crippen LogP contribution is 2.66. The zero-order valence-corrected chi connectivity index (χ0v) is 13.9. The second-order valence-corrected chi connectivity index (χ2v) is 8.83. The molecule has 2 nitrogen and oxygen atoms in total. The fraction of sp³-hybridized carbons (Fsp3) is 0.800. The molecule has 3 saturated carbocycles. The lowest BCUT2D eigenvalue weighted by Crippen LogP contribution is -2.50. The van der Waals surface area contributed by atoms with Crippen molar-refractivity contribution in [3.63, 3.8) is 0 Å². The highest BCUT2D eigenvalue weighted by Gasteiger charge is 2.58. The first-order valence-corrected chi connectivity index (χ1v) is 9.18. The zero-order chi connectivity index (χ0) is 15.5. The van der Waals surface area contributed by atoms with E-state index in [9.17, 15) is 9.59 Å². The van der Waals surface area contributed by atoms with Crippen LogP contribution >= 0.6 is 0 Å². The average molecular weight is 300 g/mol. The van der Waals surface area contributed by atoms with Crippen LogP contribution in [0.4, 0.5) is 0 Å². The summed E-state index contributed by atoms with van der Waals surface area (Å²) < 4.78 is 0. The number of rotatable bonds is 1.